The number of ether oxygens (including phenoxy) is 1. The molecular formula is C18H20ClNO3. The lowest BCUT2D eigenvalue weighted by Gasteiger charge is -2.23. The molecule has 1 amide bonds. The molecule has 2 aromatic rings. The summed E-state index contributed by atoms with van der Waals surface area (Å²) in [7, 11) is 1.67. The van der Waals surface area contributed by atoms with Gasteiger partial charge in [0.1, 0.15) is 12.4 Å². The van der Waals surface area contributed by atoms with Crippen LogP contribution in [0.2, 0.25) is 5.02 Å². The highest BCUT2D eigenvalue weighted by Crippen LogP contribution is 2.18. The van der Waals surface area contributed by atoms with Crippen molar-refractivity contribution in [1.29, 1.82) is 0 Å². The van der Waals surface area contributed by atoms with Crippen molar-refractivity contribution in [3.63, 3.8) is 0 Å². The smallest absolute Gasteiger partial charge is 0.254 e. The zero-order valence-electron chi connectivity index (χ0n) is 13.2. The van der Waals surface area contributed by atoms with E-state index in [0.29, 0.717) is 22.9 Å². The summed E-state index contributed by atoms with van der Waals surface area (Å²) in [6.07, 6.45) is 0. The van der Waals surface area contributed by atoms with Crippen molar-refractivity contribution in [2.75, 3.05) is 13.7 Å². The van der Waals surface area contributed by atoms with Crippen LogP contribution in [0.25, 0.3) is 0 Å². The van der Waals surface area contributed by atoms with Crippen LogP contribution in [0.15, 0.2) is 48.5 Å². The molecule has 0 radical (unpaired) electrons. The summed E-state index contributed by atoms with van der Waals surface area (Å²) in [5, 5.41) is 9.84. The van der Waals surface area contributed by atoms with Gasteiger partial charge in [0, 0.05) is 17.6 Å². The van der Waals surface area contributed by atoms with Crippen LogP contribution in [0.5, 0.6) is 5.75 Å². The molecule has 0 saturated carbocycles. The van der Waals surface area contributed by atoms with E-state index < -0.39 is 0 Å². The molecule has 0 spiro atoms. The highest BCUT2D eigenvalue weighted by Gasteiger charge is 2.17. The molecule has 2 aromatic carbocycles. The zero-order valence-corrected chi connectivity index (χ0v) is 14.0. The number of aliphatic hydroxyl groups excluding tert-OH is 1. The van der Waals surface area contributed by atoms with E-state index in [4.69, 9.17) is 21.4 Å². The summed E-state index contributed by atoms with van der Waals surface area (Å²) in [6, 6.07) is 14.2. The predicted octanol–water partition coefficient (Wildman–Crippen LogP) is 3.37. The normalized spacial score (nSPS) is 11.8. The van der Waals surface area contributed by atoms with Crippen LogP contribution in [0.3, 0.4) is 0 Å². The molecule has 0 heterocycles. The van der Waals surface area contributed by atoms with Crippen LogP contribution >= 0.6 is 11.6 Å². The fourth-order valence-corrected chi connectivity index (χ4v) is 2.12. The number of hydrogen-bond donors (Lipinski definition) is 1. The standard InChI is InChI=1S/C18H20ClNO3/c1-13(11-21)20(2)18(22)15-4-3-5-17(10-15)23-12-14-6-8-16(19)9-7-14/h3-10,13,21H,11-12H2,1-2H3. The first-order valence-electron chi connectivity index (χ1n) is 7.36. The lowest BCUT2D eigenvalue weighted by Crippen LogP contribution is -2.37. The van der Waals surface area contributed by atoms with E-state index in [9.17, 15) is 4.79 Å². The Morgan fingerprint density at radius 1 is 1.26 bits per heavy atom. The lowest BCUT2D eigenvalue weighted by atomic mass is 10.1. The van der Waals surface area contributed by atoms with E-state index in [1.165, 1.54) is 4.90 Å². The molecule has 1 unspecified atom stereocenters. The number of aliphatic hydroxyl groups is 1. The quantitative estimate of drug-likeness (QED) is 0.881. The number of nitrogens with zero attached hydrogens (tertiary/aromatic N) is 1. The van der Waals surface area contributed by atoms with Gasteiger partial charge >= 0.3 is 0 Å². The monoisotopic (exact) mass is 333 g/mol. The molecule has 23 heavy (non-hydrogen) atoms. The number of rotatable bonds is 6. The van der Waals surface area contributed by atoms with E-state index >= 15 is 0 Å². The van der Waals surface area contributed by atoms with Gasteiger partial charge in [0.15, 0.2) is 0 Å². The van der Waals surface area contributed by atoms with Crippen LogP contribution in [0.1, 0.15) is 22.8 Å². The second-order valence-electron chi connectivity index (χ2n) is 5.39. The van der Waals surface area contributed by atoms with E-state index in [0.717, 1.165) is 5.56 Å². The van der Waals surface area contributed by atoms with Crippen LogP contribution in [-0.2, 0) is 6.61 Å². The number of hydrogen-bond acceptors (Lipinski definition) is 3. The molecular weight excluding hydrogens is 314 g/mol. The van der Waals surface area contributed by atoms with E-state index in [2.05, 4.69) is 0 Å². The number of likely N-dealkylation sites (N-methyl/N-ethyl adjacent to an activating group) is 1. The molecule has 0 saturated heterocycles. The molecule has 0 aliphatic heterocycles. The molecule has 4 nitrogen and oxygen atoms in total. The summed E-state index contributed by atoms with van der Waals surface area (Å²) < 4.78 is 5.73. The molecule has 5 heteroatoms. The second-order valence-corrected chi connectivity index (χ2v) is 5.83. The van der Waals surface area contributed by atoms with Crippen LogP contribution in [-0.4, -0.2) is 35.6 Å². The van der Waals surface area contributed by atoms with Crippen molar-refractivity contribution in [2.24, 2.45) is 0 Å². The SMILES string of the molecule is CC(CO)N(C)C(=O)c1cccc(OCc2ccc(Cl)cc2)c1. The van der Waals surface area contributed by atoms with Gasteiger partial charge in [-0.1, -0.05) is 29.8 Å². The minimum atomic E-state index is -0.235. The minimum Gasteiger partial charge on any atom is -0.489 e. The van der Waals surface area contributed by atoms with Gasteiger partial charge in [-0.15, -0.1) is 0 Å². The van der Waals surface area contributed by atoms with Crippen molar-refractivity contribution >= 4 is 17.5 Å². The average Bonchev–Trinajstić information content (AvgIpc) is 2.59. The number of benzene rings is 2. The third-order valence-corrected chi connectivity index (χ3v) is 3.90. The third kappa shape index (κ3) is 4.71. The molecule has 0 aliphatic carbocycles. The molecule has 0 bridgehead atoms. The Morgan fingerprint density at radius 3 is 2.61 bits per heavy atom. The van der Waals surface area contributed by atoms with Gasteiger partial charge in [0.05, 0.1) is 12.6 Å². The van der Waals surface area contributed by atoms with Crippen LogP contribution in [0.4, 0.5) is 0 Å². The highest BCUT2D eigenvalue weighted by atomic mass is 35.5. The summed E-state index contributed by atoms with van der Waals surface area (Å²) in [4.78, 5) is 13.9. The van der Waals surface area contributed by atoms with Crippen LogP contribution in [0, 0.1) is 0 Å². The van der Waals surface area contributed by atoms with E-state index in [-0.39, 0.29) is 18.6 Å². The summed E-state index contributed by atoms with van der Waals surface area (Å²) in [5.41, 5.74) is 1.53. The maximum absolute atomic E-state index is 12.4. The lowest BCUT2D eigenvalue weighted by molar-refractivity contribution is 0.0681. The Bertz CT molecular complexity index is 658. The molecule has 1 N–H and O–H groups in total. The van der Waals surface area contributed by atoms with Crippen molar-refractivity contribution in [2.45, 2.75) is 19.6 Å². The first-order valence-corrected chi connectivity index (χ1v) is 7.74. The van der Waals surface area contributed by atoms with Crippen molar-refractivity contribution in [1.82, 2.24) is 4.90 Å². The Morgan fingerprint density at radius 2 is 1.96 bits per heavy atom. The van der Waals surface area contributed by atoms with Crippen molar-refractivity contribution in [3.8, 4) is 5.75 Å². The van der Waals surface area contributed by atoms with Gasteiger partial charge in [-0.2, -0.15) is 0 Å². The maximum atomic E-state index is 12.4. The van der Waals surface area contributed by atoms with Gasteiger partial charge in [-0.05, 0) is 42.8 Å². The summed E-state index contributed by atoms with van der Waals surface area (Å²) >= 11 is 5.85. The largest absolute Gasteiger partial charge is 0.489 e. The summed E-state index contributed by atoms with van der Waals surface area (Å²) in [5.74, 6) is 0.472. The maximum Gasteiger partial charge on any atom is 0.254 e. The topological polar surface area (TPSA) is 49.8 Å². The van der Waals surface area contributed by atoms with E-state index in [1.54, 1.807) is 32.2 Å². The number of amides is 1. The van der Waals surface area contributed by atoms with Gasteiger partial charge < -0.3 is 14.7 Å². The van der Waals surface area contributed by atoms with Crippen LogP contribution < -0.4 is 4.74 Å². The molecule has 0 aliphatic rings. The zero-order chi connectivity index (χ0) is 16.8. The first kappa shape index (κ1) is 17.3. The van der Waals surface area contributed by atoms with Gasteiger partial charge in [-0.25, -0.2) is 0 Å². The van der Waals surface area contributed by atoms with Gasteiger partial charge in [0.2, 0.25) is 0 Å². The fourth-order valence-electron chi connectivity index (χ4n) is 1.99. The van der Waals surface area contributed by atoms with Gasteiger partial charge in [0.25, 0.3) is 5.91 Å². The number of carbonyl (C=O) groups is 1. The molecule has 2 rings (SSSR count). The fraction of sp³-hybridized carbons (Fsp3) is 0.278. The van der Waals surface area contributed by atoms with E-state index in [1.807, 2.05) is 30.3 Å². The minimum absolute atomic E-state index is 0.0744. The molecule has 1 atom stereocenters. The van der Waals surface area contributed by atoms with Gasteiger partial charge in [-0.3, -0.25) is 4.79 Å². The number of halogens is 1. The Labute approximate surface area is 141 Å². The summed E-state index contributed by atoms with van der Waals surface area (Å²) in [6.45, 7) is 2.12. The molecule has 0 fully saturated rings. The molecule has 122 valence electrons. The first-order chi connectivity index (χ1) is 11.0. The van der Waals surface area contributed by atoms with Crippen molar-refractivity contribution < 1.29 is 14.6 Å². The third-order valence-electron chi connectivity index (χ3n) is 3.65. The Balaban J connectivity index is 2.04. The van der Waals surface area contributed by atoms with Crippen molar-refractivity contribution in [3.05, 3.63) is 64.7 Å². The number of carbonyl (C=O) groups excluding carboxylic acids is 1. The predicted molar refractivity (Wildman–Crippen MR) is 90.9 cm³/mol. The Hall–Kier alpha value is -2.04. The second kappa shape index (κ2) is 7.99. The molecule has 0 aromatic heterocycles. The Kier molecular flexibility index (Phi) is 6.02. The average molecular weight is 334 g/mol. The highest BCUT2D eigenvalue weighted by molar-refractivity contribution is 6.30.